The largest absolute Gasteiger partial charge is 0.497 e. The fourth-order valence-electron chi connectivity index (χ4n) is 8.11. The Morgan fingerprint density at radius 1 is 0.531 bits per heavy atom. The van der Waals surface area contributed by atoms with E-state index in [0.717, 1.165) is 39.1 Å². The number of benzene rings is 7. The third-order valence-electron chi connectivity index (χ3n) is 10.6. The number of rotatable bonds is 5. The van der Waals surface area contributed by atoms with Crippen molar-refractivity contribution in [1.82, 2.24) is 0 Å². The van der Waals surface area contributed by atoms with E-state index >= 15 is 0 Å². The number of ether oxygens (including phenoxy) is 2. The summed E-state index contributed by atoms with van der Waals surface area (Å²) in [4.78, 5) is 0. The van der Waals surface area contributed by atoms with Crippen LogP contribution in [0.15, 0.2) is 158 Å². The zero-order valence-corrected chi connectivity index (χ0v) is 27.9. The first-order valence-electron chi connectivity index (χ1n) is 17.0. The standard InChI is InChI=1S/C47H36O2/c1-46(2)42-16-10-9-15-40(42)43-38-13-7-8-14-39(38)45-41(44(43)46)29-30-47(49-45,36-25-27-37(48-3)28-26-36)35-23-21-34(22-24-35)33-19-17-32(18-20-33)31-11-5-4-6-12-31/h4-30H,1-3H3. The number of hydrogen-bond donors (Lipinski definition) is 0. The Balaban J connectivity index is 1.19. The molecule has 1 aliphatic heterocycles. The maximum Gasteiger partial charge on any atom is 0.178 e. The molecule has 9 rings (SSSR count). The van der Waals surface area contributed by atoms with Gasteiger partial charge in [0.05, 0.1) is 7.11 Å². The van der Waals surface area contributed by atoms with E-state index in [-0.39, 0.29) is 5.41 Å². The first-order valence-corrected chi connectivity index (χ1v) is 17.0. The van der Waals surface area contributed by atoms with Gasteiger partial charge in [0.25, 0.3) is 0 Å². The summed E-state index contributed by atoms with van der Waals surface area (Å²) >= 11 is 0. The highest BCUT2D eigenvalue weighted by molar-refractivity contribution is 6.08. The Bertz CT molecular complexity index is 2380. The lowest BCUT2D eigenvalue weighted by Gasteiger charge is -2.38. The molecule has 1 unspecified atom stereocenters. The van der Waals surface area contributed by atoms with Crippen LogP contribution in [0.25, 0.3) is 50.2 Å². The van der Waals surface area contributed by atoms with Gasteiger partial charge in [-0.15, -0.1) is 0 Å². The summed E-state index contributed by atoms with van der Waals surface area (Å²) in [6.07, 6.45) is 4.58. The number of methoxy groups -OCH3 is 1. The van der Waals surface area contributed by atoms with E-state index in [1.54, 1.807) is 7.11 Å². The first-order chi connectivity index (χ1) is 24.0. The van der Waals surface area contributed by atoms with Crippen molar-refractivity contribution >= 4 is 16.8 Å². The predicted octanol–water partition coefficient (Wildman–Crippen LogP) is 11.8. The lowest BCUT2D eigenvalue weighted by Crippen LogP contribution is -2.35. The molecule has 0 spiro atoms. The number of fused-ring (bicyclic) bond motifs is 8. The summed E-state index contributed by atoms with van der Waals surface area (Å²) in [5, 5.41) is 2.35. The Labute approximate surface area is 287 Å². The molecule has 1 atom stereocenters. The van der Waals surface area contributed by atoms with Crippen molar-refractivity contribution in [3.05, 3.63) is 186 Å². The molecule has 2 aliphatic rings. The molecule has 0 bridgehead atoms. The van der Waals surface area contributed by atoms with Gasteiger partial charge in [0.15, 0.2) is 5.60 Å². The molecule has 2 heteroatoms. The normalized spacial score (nSPS) is 16.8. The molecule has 0 amide bonds. The third-order valence-corrected chi connectivity index (χ3v) is 10.6. The third kappa shape index (κ3) is 4.48. The van der Waals surface area contributed by atoms with Gasteiger partial charge in [0.2, 0.25) is 0 Å². The molecule has 1 heterocycles. The van der Waals surface area contributed by atoms with E-state index < -0.39 is 5.60 Å². The van der Waals surface area contributed by atoms with Crippen molar-refractivity contribution in [3.8, 4) is 44.9 Å². The van der Waals surface area contributed by atoms with Crippen molar-refractivity contribution in [2.75, 3.05) is 7.11 Å². The minimum atomic E-state index is -0.846. The molecule has 2 nitrogen and oxygen atoms in total. The van der Waals surface area contributed by atoms with E-state index in [9.17, 15) is 0 Å². The average molecular weight is 633 g/mol. The molecule has 0 N–H and O–H groups in total. The Morgan fingerprint density at radius 3 is 1.71 bits per heavy atom. The summed E-state index contributed by atoms with van der Waals surface area (Å²) in [6, 6.07) is 54.1. The Morgan fingerprint density at radius 2 is 1.06 bits per heavy atom. The predicted molar refractivity (Wildman–Crippen MR) is 202 cm³/mol. The SMILES string of the molecule is COc1ccc(C2(c3ccc(-c4ccc(-c5ccccc5)cc4)cc3)C=Cc3c4c(c5ccccc5c3O2)-c2ccccc2C4(C)C)cc1. The van der Waals surface area contributed by atoms with Crippen molar-refractivity contribution < 1.29 is 9.47 Å². The Hall–Kier alpha value is -5.86. The minimum absolute atomic E-state index is 0.175. The van der Waals surface area contributed by atoms with Crippen LogP contribution in [0.2, 0.25) is 0 Å². The second kappa shape index (κ2) is 11.1. The van der Waals surface area contributed by atoms with Crippen LogP contribution in [-0.4, -0.2) is 7.11 Å². The van der Waals surface area contributed by atoms with Crippen molar-refractivity contribution in [1.29, 1.82) is 0 Å². The maximum atomic E-state index is 7.48. The topological polar surface area (TPSA) is 18.5 Å². The zero-order chi connectivity index (χ0) is 33.2. The summed E-state index contributed by atoms with van der Waals surface area (Å²) < 4.78 is 13.0. The van der Waals surface area contributed by atoms with Crippen LogP contribution in [0.3, 0.4) is 0 Å². The van der Waals surface area contributed by atoms with Gasteiger partial charge in [-0.05, 0) is 68.1 Å². The van der Waals surface area contributed by atoms with Crippen LogP contribution in [0.1, 0.15) is 41.7 Å². The van der Waals surface area contributed by atoms with Crippen molar-refractivity contribution in [2.45, 2.75) is 24.9 Å². The molecule has 7 aromatic rings. The summed E-state index contributed by atoms with van der Waals surface area (Å²) in [6.45, 7) is 4.69. The van der Waals surface area contributed by atoms with Gasteiger partial charge in [0, 0.05) is 27.5 Å². The number of hydrogen-bond acceptors (Lipinski definition) is 2. The van der Waals surface area contributed by atoms with Crippen LogP contribution in [0.5, 0.6) is 11.5 Å². The molecular formula is C47H36O2. The Kier molecular flexibility index (Phi) is 6.64. The van der Waals surface area contributed by atoms with E-state index in [1.165, 1.54) is 44.3 Å². The lowest BCUT2D eigenvalue weighted by atomic mass is 9.76. The van der Waals surface area contributed by atoms with Gasteiger partial charge >= 0.3 is 0 Å². The molecule has 0 radical (unpaired) electrons. The van der Waals surface area contributed by atoms with Gasteiger partial charge in [0.1, 0.15) is 11.5 Å². The van der Waals surface area contributed by atoms with Gasteiger partial charge in [-0.25, -0.2) is 0 Å². The van der Waals surface area contributed by atoms with Crippen molar-refractivity contribution in [2.24, 2.45) is 0 Å². The second-order valence-corrected chi connectivity index (χ2v) is 13.6. The first kappa shape index (κ1) is 29.3. The smallest absolute Gasteiger partial charge is 0.178 e. The quantitative estimate of drug-likeness (QED) is 0.188. The van der Waals surface area contributed by atoms with Gasteiger partial charge in [-0.3, -0.25) is 0 Å². The molecule has 7 aromatic carbocycles. The van der Waals surface area contributed by atoms with Crippen LogP contribution < -0.4 is 9.47 Å². The second-order valence-electron chi connectivity index (χ2n) is 13.6. The van der Waals surface area contributed by atoms with Crippen LogP contribution in [0, 0.1) is 0 Å². The molecule has 236 valence electrons. The lowest BCUT2D eigenvalue weighted by molar-refractivity contribution is 0.163. The zero-order valence-electron chi connectivity index (χ0n) is 27.9. The monoisotopic (exact) mass is 632 g/mol. The molecule has 1 aliphatic carbocycles. The maximum absolute atomic E-state index is 7.48. The minimum Gasteiger partial charge on any atom is -0.497 e. The van der Waals surface area contributed by atoms with E-state index in [0.29, 0.717) is 0 Å². The van der Waals surface area contributed by atoms with Crippen molar-refractivity contribution in [3.63, 3.8) is 0 Å². The molecule has 49 heavy (non-hydrogen) atoms. The van der Waals surface area contributed by atoms with E-state index in [1.807, 2.05) is 12.1 Å². The molecule has 0 saturated carbocycles. The fourth-order valence-corrected chi connectivity index (χ4v) is 8.11. The summed E-state index contributed by atoms with van der Waals surface area (Å²) in [7, 11) is 1.70. The van der Waals surface area contributed by atoms with Gasteiger partial charge in [-0.2, -0.15) is 0 Å². The van der Waals surface area contributed by atoms with Crippen LogP contribution in [-0.2, 0) is 11.0 Å². The molecular weight excluding hydrogens is 597 g/mol. The summed E-state index contributed by atoms with van der Waals surface area (Å²) in [5.74, 6) is 1.74. The van der Waals surface area contributed by atoms with E-state index in [2.05, 4.69) is 166 Å². The van der Waals surface area contributed by atoms with Crippen LogP contribution >= 0.6 is 0 Å². The van der Waals surface area contributed by atoms with Gasteiger partial charge < -0.3 is 9.47 Å². The average Bonchev–Trinajstić information content (AvgIpc) is 3.42. The highest BCUT2D eigenvalue weighted by Crippen LogP contribution is 2.58. The molecule has 0 fully saturated rings. The fraction of sp³-hybridized carbons (Fsp3) is 0.106. The molecule has 0 saturated heterocycles. The van der Waals surface area contributed by atoms with Gasteiger partial charge in [-0.1, -0.05) is 159 Å². The molecule has 0 aromatic heterocycles. The highest BCUT2D eigenvalue weighted by atomic mass is 16.5. The van der Waals surface area contributed by atoms with E-state index in [4.69, 9.17) is 9.47 Å². The van der Waals surface area contributed by atoms with Crippen LogP contribution in [0.4, 0.5) is 0 Å². The summed E-state index contributed by atoms with van der Waals surface area (Å²) in [5.41, 5.74) is 12.3. The highest BCUT2D eigenvalue weighted by Gasteiger charge is 2.44.